The fourth-order valence-corrected chi connectivity index (χ4v) is 3.98. The number of thiophene rings is 1. The zero-order valence-corrected chi connectivity index (χ0v) is 14.9. The van der Waals surface area contributed by atoms with E-state index < -0.39 is 0 Å². The Hall–Kier alpha value is -1.66. The van der Waals surface area contributed by atoms with E-state index in [-0.39, 0.29) is 18.3 Å². The van der Waals surface area contributed by atoms with Crippen molar-refractivity contribution in [3.8, 4) is 0 Å². The number of halogens is 3. The highest BCUT2D eigenvalue weighted by atomic mass is 35.5. The first-order chi connectivity index (χ1) is 11.5. The zero-order chi connectivity index (χ0) is 17.3. The lowest BCUT2D eigenvalue weighted by atomic mass is 10.1. The lowest BCUT2D eigenvalue weighted by molar-refractivity contribution is 0.102. The van der Waals surface area contributed by atoms with Crippen molar-refractivity contribution < 1.29 is 13.9 Å². The number of fused-ring (bicyclic) bond motifs is 1. The van der Waals surface area contributed by atoms with Gasteiger partial charge < -0.3 is 10.1 Å². The van der Waals surface area contributed by atoms with Gasteiger partial charge in [0.25, 0.3) is 5.91 Å². The average Bonchev–Trinajstić information content (AvgIpc) is 2.91. The van der Waals surface area contributed by atoms with Crippen molar-refractivity contribution in [3.05, 3.63) is 62.7 Å². The third kappa shape index (κ3) is 3.26. The molecule has 3 nitrogen and oxygen atoms in total. The summed E-state index contributed by atoms with van der Waals surface area (Å²) in [7, 11) is 1.50. The first-order valence-electron chi connectivity index (χ1n) is 6.96. The Kier molecular flexibility index (Phi) is 5.06. The Labute approximate surface area is 152 Å². The lowest BCUT2D eigenvalue weighted by Crippen LogP contribution is -2.13. The summed E-state index contributed by atoms with van der Waals surface area (Å²) in [4.78, 5) is 13.0. The third-order valence-corrected chi connectivity index (χ3v) is 5.18. The number of anilines is 1. The van der Waals surface area contributed by atoms with Crippen molar-refractivity contribution in [2.75, 3.05) is 12.4 Å². The van der Waals surface area contributed by atoms with Crippen molar-refractivity contribution >= 4 is 56.2 Å². The fraction of sp³-hybridized carbons (Fsp3) is 0.118. The first kappa shape index (κ1) is 17.2. The summed E-state index contributed by atoms with van der Waals surface area (Å²) in [6.07, 6.45) is 0. The standard InChI is InChI=1S/C17H12Cl2FNO2S/c1-23-8-10-15-12(20)3-2-4-14(15)24-16(10)17(22)21-13-6-5-9(18)7-11(13)19/h2-7H,8H2,1H3,(H,21,22). The second-order valence-electron chi connectivity index (χ2n) is 5.03. The molecule has 0 atom stereocenters. The molecule has 1 amide bonds. The van der Waals surface area contributed by atoms with Crippen LogP contribution in [0.1, 0.15) is 15.2 Å². The molecule has 0 aliphatic heterocycles. The Bertz CT molecular complexity index is 926. The van der Waals surface area contributed by atoms with Gasteiger partial charge in [-0.15, -0.1) is 11.3 Å². The summed E-state index contributed by atoms with van der Waals surface area (Å²) in [6, 6.07) is 9.54. The van der Waals surface area contributed by atoms with Gasteiger partial charge in [-0.25, -0.2) is 4.39 Å². The van der Waals surface area contributed by atoms with E-state index in [4.69, 9.17) is 27.9 Å². The number of carbonyl (C=O) groups excluding carboxylic acids is 1. The van der Waals surface area contributed by atoms with Crippen molar-refractivity contribution in [3.63, 3.8) is 0 Å². The van der Waals surface area contributed by atoms with Gasteiger partial charge in [-0.05, 0) is 30.3 Å². The van der Waals surface area contributed by atoms with Crippen LogP contribution in [0.5, 0.6) is 0 Å². The number of hydrogen-bond donors (Lipinski definition) is 1. The van der Waals surface area contributed by atoms with Crippen LogP contribution in [0.15, 0.2) is 36.4 Å². The van der Waals surface area contributed by atoms with Crippen molar-refractivity contribution in [1.82, 2.24) is 0 Å². The molecule has 124 valence electrons. The minimum atomic E-state index is -0.376. The van der Waals surface area contributed by atoms with Gasteiger partial charge in [0.2, 0.25) is 0 Å². The van der Waals surface area contributed by atoms with Gasteiger partial charge in [0.05, 0.1) is 22.2 Å². The van der Waals surface area contributed by atoms with Gasteiger partial charge in [-0.1, -0.05) is 29.3 Å². The van der Waals surface area contributed by atoms with Crippen LogP contribution in [-0.2, 0) is 11.3 Å². The maximum atomic E-state index is 14.2. The van der Waals surface area contributed by atoms with E-state index in [1.165, 1.54) is 24.5 Å². The van der Waals surface area contributed by atoms with Gasteiger partial charge >= 0.3 is 0 Å². The SMILES string of the molecule is COCc1c(C(=O)Nc2ccc(Cl)cc2Cl)sc2cccc(F)c12. The van der Waals surface area contributed by atoms with Crippen molar-refractivity contribution in [2.45, 2.75) is 6.61 Å². The fourth-order valence-electron chi connectivity index (χ4n) is 2.40. The molecule has 0 spiro atoms. The molecule has 0 radical (unpaired) electrons. The van der Waals surface area contributed by atoms with Crippen LogP contribution in [0.3, 0.4) is 0 Å². The predicted octanol–water partition coefficient (Wildman–Crippen LogP) is 5.75. The van der Waals surface area contributed by atoms with Gasteiger partial charge in [0.15, 0.2) is 0 Å². The van der Waals surface area contributed by atoms with Crippen LogP contribution in [0.25, 0.3) is 10.1 Å². The summed E-state index contributed by atoms with van der Waals surface area (Å²) in [5, 5.41) is 3.95. The van der Waals surface area contributed by atoms with Gasteiger partial charge in [-0.3, -0.25) is 4.79 Å². The number of benzene rings is 2. The van der Waals surface area contributed by atoms with E-state index in [1.54, 1.807) is 30.3 Å². The van der Waals surface area contributed by atoms with E-state index in [2.05, 4.69) is 5.32 Å². The smallest absolute Gasteiger partial charge is 0.266 e. The number of amides is 1. The highest BCUT2D eigenvalue weighted by Gasteiger charge is 2.21. The second kappa shape index (κ2) is 7.07. The minimum Gasteiger partial charge on any atom is -0.380 e. The summed E-state index contributed by atoms with van der Waals surface area (Å²) in [5.74, 6) is -0.744. The number of carbonyl (C=O) groups is 1. The number of ether oxygens (including phenoxy) is 1. The molecule has 0 saturated heterocycles. The Morgan fingerprint density at radius 3 is 2.79 bits per heavy atom. The molecule has 2 aromatic carbocycles. The van der Waals surface area contributed by atoms with Crippen LogP contribution in [0.4, 0.5) is 10.1 Å². The minimum absolute atomic E-state index is 0.137. The van der Waals surface area contributed by atoms with E-state index in [1.807, 2.05) is 0 Å². The van der Waals surface area contributed by atoms with Gasteiger partial charge in [0, 0.05) is 27.8 Å². The van der Waals surface area contributed by atoms with Crippen LogP contribution in [-0.4, -0.2) is 13.0 Å². The Morgan fingerprint density at radius 1 is 1.29 bits per heavy atom. The van der Waals surface area contributed by atoms with Crippen molar-refractivity contribution in [2.24, 2.45) is 0 Å². The normalized spacial score (nSPS) is 11.0. The molecule has 0 fully saturated rings. The zero-order valence-electron chi connectivity index (χ0n) is 12.5. The average molecular weight is 384 g/mol. The van der Waals surface area contributed by atoms with Crippen molar-refractivity contribution in [1.29, 1.82) is 0 Å². The largest absolute Gasteiger partial charge is 0.380 e. The second-order valence-corrected chi connectivity index (χ2v) is 6.93. The maximum Gasteiger partial charge on any atom is 0.266 e. The van der Waals surface area contributed by atoms with Crippen LogP contribution < -0.4 is 5.32 Å². The highest BCUT2D eigenvalue weighted by Crippen LogP contribution is 2.35. The molecule has 1 heterocycles. The molecule has 7 heteroatoms. The van der Waals surface area contributed by atoms with E-state index in [9.17, 15) is 9.18 Å². The molecular weight excluding hydrogens is 372 g/mol. The Morgan fingerprint density at radius 2 is 2.08 bits per heavy atom. The topological polar surface area (TPSA) is 38.3 Å². The molecule has 0 bridgehead atoms. The van der Waals surface area contributed by atoms with E-state index in [0.29, 0.717) is 36.3 Å². The molecule has 1 aromatic heterocycles. The molecule has 0 unspecified atom stereocenters. The summed E-state index contributed by atoms with van der Waals surface area (Å²) in [6.45, 7) is 0.137. The van der Waals surface area contributed by atoms with E-state index >= 15 is 0 Å². The molecule has 3 aromatic rings. The lowest BCUT2D eigenvalue weighted by Gasteiger charge is -2.08. The molecule has 3 rings (SSSR count). The van der Waals surface area contributed by atoms with Gasteiger partial charge in [-0.2, -0.15) is 0 Å². The monoisotopic (exact) mass is 383 g/mol. The highest BCUT2D eigenvalue weighted by molar-refractivity contribution is 7.21. The van der Waals surface area contributed by atoms with Crippen LogP contribution in [0, 0.1) is 5.82 Å². The number of rotatable bonds is 4. The van der Waals surface area contributed by atoms with Gasteiger partial charge in [0.1, 0.15) is 5.82 Å². The van der Waals surface area contributed by atoms with Crippen LogP contribution in [0.2, 0.25) is 10.0 Å². The summed E-state index contributed by atoms with van der Waals surface area (Å²) in [5.41, 5.74) is 0.963. The van der Waals surface area contributed by atoms with Crippen LogP contribution >= 0.6 is 34.5 Å². The van der Waals surface area contributed by atoms with E-state index in [0.717, 1.165) is 0 Å². The number of hydrogen-bond acceptors (Lipinski definition) is 3. The summed E-state index contributed by atoms with van der Waals surface area (Å²) >= 11 is 13.2. The molecule has 0 aliphatic rings. The molecule has 24 heavy (non-hydrogen) atoms. The first-order valence-corrected chi connectivity index (χ1v) is 8.53. The molecule has 1 N–H and O–H groups in total. The number of methoxy groups -OCH3 is 1. The molecular formula is C17H12Cl2FNO2S. The number of nitrogens with one attached hydrogen (secondary N) is 1. The Balaban J connectivity index is 2.03. The molecule has 0 aliphatic carbocycles. The maximum absolute atomic E-state index is 14.2. The third-order valence-electron chi connectivity index (χ3n) is 3.44. The summed E-state index contributed by atoms with van der Waals surface area (Å²) < 4.78 is 20.0. The molecule has 0 saturated carbocycles. The quantitative estimate of drug-likeness (QED) is 0.622. The predicted molar refractivity (Wildman–Crippen MR) is 96.9 cm³/mol.